The summed E-state index contributed by atoms with van der Waals surface area (Å²) < 4.78 is 11.2. The molecule has 3 rings (SSSR count). The zero-order valence-electron chi connectivity index (χ0n) is 14.1. The summed E-state index contributed by atoms with van der Waals surface area (Å²) in [5.74, 6) is 0.282. The number of hydrogen-bond acceptors (Lipinski definition) is 4. The highest BCUT2D eigenvalue weighted by Gasteiger charge is 2.19. The van der Waals surface area contributed by atoms with Crippen LogP contribution in [0.1, 0.15) is 30.1 Å². The Morgan fingerprint density at radius 2 is 1.68 bits per heavy atom. The minimum atomic E-state index is -0.616. The average molecular weight is 336 g/mol. The van der Waals surface area contributed by atoms with Gasteiger partial charge in [-0.1, -0.05) is 55.8 Å². The third-order valence-electron chi connectivity index (χ3n) is 3.91. The highest BCUT2D eigenvalue weighted by atomic mass is 16.5. The van der Waals surface area contributed by atoms with Crippen LogP contribution in [0.3, 0.4) is 0 Å². The summed E-state index contributed by atoms with van der Waals surface area (Å²) in [4.78, 5) is 12.5. The fraction of sp³-hybridized carbons (Fsp3) is 0.190. The molecule has 128 valence electrons. The lowest BCUT2D eigenvalue weighted by molar-refractivity contribution is 0.0731. The molecule has 1 N–H and O–H groups in total. The number of ether oxygens (including phenoxy) is 2. The van der Waals surface area contributed by atoms with Crippen molar-refractivity contribution in [2.45, 2.75) is 19.8 Å². The van der Waals surface area contributed by atoms with Gasteiger partial charge in [0.15, 0.2) is 0 Å². The number of rotatable bonds is 6. The topological polar surface area (TPSA) is 55.8 Å². The maximum Gasteiger partial charge on any atom is 0.347 e. The van der Waals surface area contributed by atoms with Crippen molar-refractivity contribution in [2.75, 3.05) is 6.61 Å². The van der Waals surface area contributed by atoms with E-state index in [9.17, 15) is 9.90 Å². The quantitative estimate of drug-likeness (QED) is 0.393. The molecule has 4 nitrogen and oxygen atoms in total. The van der Waals surface area contributed by atoms with Crippen LogP contribution in [0.2, 0.25) is 0 Å². The molecule has 0 aliphatic rings. The Bertz CT molecular complexity index is 872. The number of aromatic hydroxyl groups is 1. The van der Waals surface area contributed by atoms with Gasteiger partial charge in [0.1, 0.15) is 22.8 Å². The lowest BCUT2D eigenvalue weighted by atomic mass is 10.0. The van der Waals surface area contributed by atoms with E-state index in [1.807, 2.05) is 24.3 Å². The third-order valence-corrected chi connectivity index (χ3v) is 3.91. The van der Waals surface area contributed by atoms with Gasteiger partial charge in [-0.15, -0.1) is 0 Å². The predicted octanol–water partition coefficient (Wildman–Crippen LogP) is 4.94. The number of unbranched alkanes of at least 4 members (excludes halogenated alkanes) is 1. The molecule has 0 aliphatic carbocycles. The van der Waals surface area contributed by atoms with E-state index in [0.717, 1.165) is 18.2 Å². The van der Waals surface area contributed by atoms with Gasteiger partial charge in [0.2, 0.25) is 0 Å². The van der Waals surface area contributed by atoms with Crippen LogP contribution in [0.5, 0.6) is 17.2 Å². The van der Waals surface area contributed by atoms with Crippen molar-refractivity contribution in [1.82, 2.24) is 0 Å². The molecule has 3 aromatic rings. The molecule has 3 aromatic carbocycles. The third kappa shape index (κ3) is 3.74. The molecule has 0 amide bonds. The molecule has 4 heteroatoms. The van der Waals surface area contributed by atoms with Crippen LogP contribution in [0, 0.1) is 0 Å². The molecule has 0 aromatic heterocycles. The largest absolute Gasteiger partial charge is 0.506 e. The van der Waals surface area contributed by atoms with E-state index in [2.05, 4.69) is 6.92 Å². The molecule has 0 unspecified atom stereocenters. The number of benzene rings is 3. The summed E-state index contributed by atoms with van der Waals surface area (Å²) in [6, 6.07) is 17.6. The second-order valence-corrected chi connectivity index (χ2v) is 5.72. The van der Waals surface area contributed by atoms with Crippen molar-refractivity contribution in [3.05, 3.63) is 66.2 Å². The Morgan fingerprint density at radius 3 is 2.40 bits per heavy atom. The van der Waals surface area contributed by atoms with E-state index >= 15 is 0 Å². The first kappa shape index (κ1) is 16.8. The molecular weight excluding hydrogens is 316 g/mol. The van der Waals surface area contributed by atoms with Crippen LogP contribution in [-0.2, 0) is 0 Å². The van der Waals surface area contributed by atoms with Crippen molar-refractivity contribution in [3.8, 4) is 17.2 Å². The Hall–Kier alpha value is -3.01. The SMILES string of the molecule is CCCCOc1cc(C(=O)Oc2ccccc2)c(O)c2ccccc12. The van der Waals surface area contributed by atoms with Gasteiger partial charge in [-0.25, -0.2) is 4.79 Å². The summed E-state index contributed by atoms with van der Waals surface area (Å²) >= 11 is 0. The van der Waals surface area contributed by atoms with Crippen LogP contribution < -0.4 is 9.47 Å². The van der Waals surface area contributed by atoms with E-state index in [1.54, 1.807) is 36.4 Å². The Labute approximate surface area is 146 Å². The predicted molar refractivity (Wildman–Crippen MR) is 97.4 cm³/mol. The Kier molecular flexibility index (Phi) is 5.19. The number of phenolic OH excluding ortho intramolecular Hbond substituents is 1. The second-order valence-electron chi connectivity index (χ2n) is 5.72. The normalized spacial score (nSPS) is 10.6. The zero-order chi connectivity index (χ0) is 17.6. The maximum absolute atomic E-state index is 12.5. The van der Waals surface area contributed by atoms with E-state index in [4.69, 9.17) is 9.47 Å². The molecule has 0 bridgehead atoms. The van der Waals surface area contributed by atoms with Gasteiger partial charge in [0.25, 0.3) is 0 Å². The summed E-state index contributed by atoms with van der Waals surface area (Å²) in [6.45, 7) is 2.64. The van der Waals surface area contributed by atoms with Gasteiger partial charge in [-0.3, -0.25) is 0 Å². The van der Waals surface area contributed by atoms with Crippen LogP contribution in [0.25, 0.3) is 10.8 Å². The van der Waals surface area contributed by atoms with Crippen molar-refractivity contribution in [1.29, 1.82) is 0 Å². The van der Waals surface area contributed by atoms with Gasteiger partial charge >= 0.3 is 5.97 Å². The molecule has 0 heterocycles. The number of hydrogen-bond donors (Lipinski definition) is 1. The number of esters is 1. The summed E-state index contributed by atoms with van der Waals surface area (Å²) in [7, 11) is 0. The minimum absolute atomic E-state index is 0.0917. The van der Waals surface area contributed by atoms with E-state index in [1.165, 1.54) is 0 Å². The Morgan fingerprint density at radius 1 is 1.00 bits per heavy atom. The number of phenols is 1. The first-order chi connectivity index (χ1) is 12.2. The standard InChI is InChI=1S/C21H20O4/c1-2-3-13-24-19-14-18(20(22)17-12-8-7-11-16(17)19)21(23)25-15-9-5-4-6-10-15/h4-12,14,22H,2-3,13H2,1H3. The van der Waals surface area contributed by atoms with Crippen LogP contribution in [0.15, 0.2) is 60.7 Å². The van der Waals surface area contributed by atoms with E-state index in [0.29, 0.717) is 23.5 Å². The molecule has 0 saturated carbocycles. The fourth-order valence-corrected chi connectivity index (χ4v) is 2.58. The lowest BCUT2D eigenvalue weighted by Gasteiger charge is -2.13. The number of fused-ring (bicyclic) bond motifs is 1. The maximum atomic E-state index is 12.5. The molecule has 0 saturated heterocycles. The van der Waals surface area contributed by atoms with Crippen molar-refractivity contribution in [3.63, 3.8) is 0 Å². The molecular formula is C21H20O4. The zero-order valence-corrected chi connectivity index (χ0v) is 14.1. The molecule has 0 spiro atoms. The van der Waals surface area contributed by atoms with Gasteiger partial charge in [-0.05, 0) is 24.6 Å². The van der Waals surface area contributed by atoms with Crippen LogP contribution in [-0.4, -0.2) is 17.7 Å². The number of carbonyl (C=O) groups excluding carboxylic acids is 1. The first-order valence-corrected chi connectivity index (χ1v) is 8.35. The molecule has 0 fully saturated rings. The highest BCUT2D eigenvalue weighted by molar-refractivity contribution is 6.04. The molecule has 0 atom stereocenters. The molecule has 0 aliphatic heterocycles. The second kappa shape index (κ2) is 7.71. The van der Waals surface area contributed by atoms with E-state index in [-0.39, 0.29) is 11.3 Å². The summed E-state index contributed by atoms with van der Waals surface area (Å²) in [6.07, 6.45) is 1.93. The summed E-state index contributed by atoms with van der Waals surface area (Å²) in [5, 5.41) is 11.9. The Balaban J connectivity index is 1.99. The van der Waals surface area contributed by atoms with Crippen LogP contribution in [0.4, 0.5) is 0 Å². The summed E-state index contributed by atoms with van der Waals surface area (Å²) in [5.41, 5.74) is 0.0917. The highest BCUT2D eigenvalue weighted by Crippen LogP contribution is 2.36. The smallest absolute Gasteiger partial charge is 0.347 e. The molecule has 0 radical (unpaired) electrons. The minimum Gasteiger partial charge on any atom is -0.506 e. The van der Waals surface area contributed by atoms with Gasteiger partial charge in [0, 0.05) is 10.8 Å². The van der Waals surface area contributed by atoms with E-state index < -0.39 is 5.97 Å². The fourth-order valence-electron chi connectivity index (χ4n) is 2.58. The monoisotopic (exact) mass is 336 g/mol. The first-order valence-electron chi connectivity index (χ1n) is 8.35. The molecule has 25 heavy (non-hydrogen) atoms. The number of carbonyl (C=O) groups is 1. The van der Waals surface area contributed by atoms with Crippen molar-refractivity contribution in [2.24, 2.45) is 0 Å². The average Bonchev–Trinajstić information content (AvgIpc) is 2.64. The van der Waals surface area contributed by atoms with Gasteiger partial charge in [-0.2, -0.15) is 0 Å². The van der Waals surface area contributed by atoms with Gasteiger partial charge < -0.3 is 14.6 Å². The van der Waals surface area contributed by atoms with Gasteiger partial charge in [0.05, 0.1) is 6.61 Å². The van der Waals surface area contributed by atoms with Crippen LogP contribution >= 0.6 is 0 Å². The number of para-hydroxylation sites is 1. The van der Waals surface area contributed by atoms with Crippen molar-refractivity contribution >= 4 is 16.7 Å². The van der Waals surface area contributed by atoms with Crippen molar-refractivity contribution < 1.29 is 19.4 Å². The lowest BCUT2D eigenvalue weighted by Crippen LogP contribution is -2.10.